The first-order chi connectivity index (χ1) is 23.5. The quantitative estimate of drug-likeness (QED) is 0.200. The number of carbonyl (C=O) groups is 4. The molecule has 0 bridgehead atoms. The van der Waals surface area contributed by atoms with Gasteiger partial charge in [-0.05, 0) is 41.7 Å². The van der Waals surface area contributed by atoms with Gasteiger partial charge in [-0.15, -0.1) is 0 Å². The first kappa shape index (κ1) is 43.4. The number of ether oxygens (including phenoxy) is 2. The smallest absolute Gasteiger partial charge is 0.315 e. The molecular formula is C34H56F2N6O8S. The van der Waals surface area contributed by atoms with Crippen LogP contribution in [0.15, 0.2) is 18.2 Å². The number of likely N-dealkylation sites (tertiary alicyclic amines) is 1. The molecule has 0 saturated carbocycles. The molecule has 5 amide bonds. The summed E-state index contributed by atoms with van der Waals surface area (Å²) < 4.78 is 63.1. The van der Waals surface area contributed by atoms with E-state index in [0.29, 0.717) is 24.3 Å². The summed E-state index contributed by atoms with van der Waals surface area (Å²) >= 11 is 0. The van der Waals surface area contributed by atoms with Crippen molar-refractivity contribution < 1.29 is 45.9 Å². The fraction of sp³-hybridized carbons (Fsp3) is 0.706. The van der Waals surface area contributed by atoms with Gasteiger partial charge in [-0.1, -0.05) is 53.7 Å². The molecule has 4 N–H and O–H groups in total. The Morgan fingerprint density at radius 2 is 1.65 bits per heavy atom. The highest BCUT2D eigenvalue weighted by molar-refractivity contribution is 7.88. The van der Waals surface area contributed by atoms with Gasteiger partial charge in [-0.3, -0.25) is 14.4 Å². The largest absolute Gasteiger partial charge is 0.493 e. The van der Waals surface area contributed by atoms with E-state index in [-0.39, 0.29) is 26.1 Å². The molecule has 14 nitrogen and oxygen atoms in total. The number of hydrogen-bond acceptors (Lipinski definition) is 8. The summed E-state index contributed by atoms with van der Waals surface area (Å²) in [6.07, 6.45) is -1.81. The van der Waals surface area contributed by atoms with Crippen molar-refractivity contribution in [3.8, 4) is 11.5 Å². The summed E-state index contributed by atoms with van der Waals surface area (Å²) in [4.78, 5) is 55.2. The maximum Gasteiger partial charge on any atom is 0.315 e. The van der Waals surface area contributed by atoms with Crippen LogP contribution < -0.4 is 30.7 Å². The van der Waals surface area contributed by atoms with Crippen molar-refractivity contribution in [2.75, 3.05) is 47.2 Å². The second kappa shape index (κ2) is 18.2. The number of para-hydroxylation sites is 1. The van der Waals surface area contributed by atoms with Crippen molar-refractivity contribution in [1.82, 2.24) is 30.5 Å². The summed E-state index contributed by atoms with van der Waals surface area (Å²) in [7, 11) is 0.840. The number of nitrogens with one attached hydrogen (secondary N) is 4. The van der Waals surface area contributed by atoms with E-state index >= 15 is 0 Å². The van der Waals surface area contributed by atoms with Crippen LogP contribution in [0.25, 0.3) is 0 Å². The minimum atomic E-state index is -3.53. The Balaban J connectivity index is 2.18. The molecule has 17 heteroatoms. The predicted molar refractivity (Wildman–Crippen MR) is 189 cm³/mol. The molecule has 0 spiro atoms. The van der Waals surface area contributed by atoms with Crippen LogP contribution in [0.5, 0.6) is 11.5 Å². The normalized spacial score (nSPS) is 17.1. The second-order valence-corrected chi connectivity index (χ2v) is 17.0. The lowest BCUT2D eigenvalue weighted by Gasteiger charge is -2.37. The van der Waals surface area contributed by atoms with Crippen LogP contribution >= 0.6 is 0 Å². The molecule has 1 saturated heterocycles. The zero-order valence-electron chi connectivity index (χ0n) is 31.4. The zero-order valence-corrected chi connectivity index (χ0v) is 32.2. The zero-order chi connectivity index (χ0) is 38.9. The third-order valence-corrected chi connectivity index (χ3v) is 10.1. The minimum Gasteiger partial charge on any atom is -0.493 e. The van der Waals surface area contributed by atoms with Gasteiger partial charge < -0.3 is 35.6 Å². The lowest BCUT2D eigenvalue weighted by atomic mass is 9.85. The molecule has 1 aliphatic heterocycles. The maximum absolute atomic E-state index is 14.0. The lowest BCUT2D eigenvalue weighted by molar-refractivity contribution is -0.142. The number of carbonyl (C=O) groups excluding carboxylic acids is 4. The topological polar surface area (TPSA) is 175 Å². The van der Waals surface area contributed by atoms with Gasteiger partial charge >= 0.3 is 6.03 Å². The number of amides is 5. The molecule has 1 fully saturated rings. The number of nitrogens with zero attached hydrogens (tertiary/aromatic N) is 2. The Kier molecular flexibility index (Phi) is 15.5. The van der Waals surface area contributed by atoms with Crippen molar-refractivity contribution in [3.63, 3.8) is 0 Å². The van der Waals surface area contributed by atoms with Gasteiger partial charge in [-0.2, -0.15) is 0 Å². The Labute approximate surface area is 300 Å². The van der Waals surface area contributed by atoms with Crippen LogP contribution in [-0.2, 0) is 30.8 Å². The van der Waals surface area contributed by atoms with Crippen molar-refractivity contribution in [2.24, 2.45) is 10.8 Å². The Morgan fingerprint density at radius 1 is 1.00 bits per heavy atom. The van der Waals surface area contributed by atoms with Crippen LogP contribution in [0.3, 0.4) is 0 Å². The predicted octanol–water partition coefficient (Wildman–Crippen LogP) is 2.51. The lowest BCUT2D eigenvalue weighted by Crippen LogP contribution is -2.62. The first-order valence-electron chi connectivity index (χ1n) is 16.9. The van der Waals surface area contributed by atoms with E-state index in [4.69, 9.17) is 9.47 Å². The van der Waals surface area contributed by atoms with Gasteiger partial charge in [0.05, 0.1) is 20.5 Å². The fourth-order valence-corrected chi connectivity index (χ4v) is 6.07. The van der Waals surface area contributed by atoms with Gasteiger partial charge in [0.2, 0.25) is 34.2 Å². The highest BCUT2D eigenvalue weighted by Gasteiger charge is 2.43. The van der Waals surface area contributed by atoms with E-state index in [1.165, 1.54) is 26.2 Å². The SMILES string of the molecule is COc1cccc(CCNC(=O)[C@H](CC(F)F)NC(=O)[C@@H]2CCCN2C(=O)[C@@H](NC(=O)N[C@H](CN(C)S(C)(=O)=O)C(C)(C)C)C(C)(C)C)c1OC. The summed E-state index contributed by atoms with van der Waals surface area (Å²) in [5, 5.41) is 10.6. The number of hydrogen-bond donors (Lipinski definition) is 4. The second-order valence-electron chi connectivity index (χ2n) is 15.0. The molecule has 1 heterocycles. The molecule has 2 rings (SSSR count). The number of alkyl halides is 2. The third-order valence-electron chi connectivity index (χ3n) is 8.81. The number of benzene rings is 1. The van der Waals surface area contributed by atoms with Crippen LogP contribution in [-0.4, -0.2) is 119 Å². The van der Waals surface area contributed by atoms with Crippen LogP contribution in [0.1, 0.15) is 66.4 Å². The molecule has 1 aliphatic rings. The molecular weight excluding hydrogens is 690 g/mol. The van der Waals surface area contributed by atoms with E-state index < -0.39 is 81.6 Å². The molecule has 0 radical (unpaired) electrons. The number of likely N-dealkylation sites (N-methyl/N-ethyl adjacent to an activating group) is 1. The summed E-state index contributed by atoms with van der Waals surface area (Å²) in [6, 6.07) is 0.166. The fourth-order valence-electron chi connectivity index (χ4n) is 5.65. The van der Waals surface area contributed by atoms with E-state index in [0.717, 1.165) is 16.1 Å². The highest BCUT2D eigenvalue weighted by atomic mass is 32.2. The molecule has 0 aliphatic carbocycles. The first-order valence-corrected chi connectivity index (χ1v) is 18.7. The van der Waals surface area contributed by atoms with E-state index in [1.54, 1.807) is 39.0 Å². The van der Waals surface area contributed by atoms with Crippen molar-refractivity contribution >= 4 is 33.8 Å². The Morgan fingerprint density at radius 3 is 2.18 bits per heavy atom. The number of sulfonamides is 1. The average Bonchev–Trinajstić information content (AvgIpc) is 3.51. The van der Waals surface area contributed by atoms with Gasteiger partial charge in [0.25, 0.3) is 0 Å². The molecule has 1 aromatic carbocycles. The van der Waals surface area contributed by atoms with Gasteiger partial charge in [-0.25, -0.2) is 26.3 Å². The number of rotatable bonds is 16. The molecule has 1 aromatic rings. The third kappa shape index (κ3) is 12.8. The van der Waals surface area contributed by atoms with Crippen LogP contribution in [0, 0.1) is 10.8 Å². The van der Waals surface area contributed by atoms with Gasteiger partial charge in [0.1, 0.15) is 18.1 Å². The van der Waals surface area contributed by atoms with Crippen molar-refractivity contribution in [3.05, 3.63) is 23.8 Å². The van der Waals surface area contributed by atoms with Crippen molar-refractivity contribution in [2.45, 2.75) is 97.8 Å². The standard InChI is InChI=1S/C34H56F2N6O8S/c1-33(2,3)25(20-41(7)51(10,47)48)39-32(46)40-28(34(4,5)6)31(45)42-18-12-14-23(42)30(44)38-22(19-26(35)36)29(43)37-17-16-21-13-11-15-24(49-8)27(21)50-9/h11,13,15,22-23,25-26,28H,12,14,16-20H2,1-10H3,(H,37,43)(H,38,44)(H2,39,40,46)/t22-,23-,25+,28+/m0/s1. The maximum atomic E-state index is 14.0. The van der Waals surface area contributed by atoms with Crippen LogP contribution in [0.2, 0.25) is 0 Å². The summed E-state index contributed by atoms with van der Waals surface area (Å²) in [5.41, 5.74) is -0.668. The molecule has 4 atom stereocenters. The highest BCUT2D eigenvalue weighted by Crippen LogP contribution is 2.31. The van der Waals surface area contributed by atoms with E-state index in [9.17, 15) is 36.4 Å². The number of halogens is 2. The average molecular weight is 747 g/mol. The molecule has 51 heavy (non-hydrogen) atoms. The van der Waals surface area contributed by atoms with Gasteiger partial charge in [0, 0.05) is 39.1 Å². The van der Waals surface area contributed by atoms with Crippen LogP contribution in [0.4, 0.5) is 13.6 Å². The molecule has 0 unspecified atom stereocenters. The number of urea groups is 1. The molecule has 290 valence electrons. The van der Waals surface area contributed by atoms with Crippen molar-refractivity contribution in [1.29, 1.82) is 0 Å². The van der Waals surface area contributed by atoms with E-state index in [2.05, 4.69) is 21.3 Å². The monoisotopic (exact) mass is 746 g/mol. The summed E-state index contributed by atoms with van der Waals surface area (Å²) in [6.45, 7) is 11.0. The number of methoxy groups -OCH3 is 2. The van der Waals surface area contributed by atoms with E-state index in [1.807, 2.05) is 20.8 Å². The Bertz CT molecular complexity index is 1480. The summed E-state index contributed by atoms with van der Waals surface area (Å²) in [5.74, 6) is -1.15. The molecule has 0 aromatic heterocycles. The Hall–Kier alpha value is -3.73. The van der Waals surface area contributed by atoms with Gasteiger partial charge in [0.15, 0.2) is 11.5 Å². The minimum absolute atomic E-state index is 0.0131.